The Morgan fingerprint density at radius 2 is 0.954 bits per heavy atom. The van der Waals surface area contributed by atoms with E-state index in [9.17, 15) is 24.5 Å². The number of quaternary nitrogens is 1. The van der Waals surface area contributed by atoms with Gasteiger partial charge in [0, 0.05) is 6.42 Å². The molecule has 0 radical (unpaired) electrons. The second kappa shape index (κ2) is 46.2. The monoisotopic (exact) mass is 938 g/mol. The van der Waals surface area contributed by atoms with Crippen molar-refractivity contribution < 1.29 is 38.0 Å². The lowest BCUT2D eigenvalue weighted by atomic mass is 9.99. The van der Waals surface area contributed by atoms with E-state index in [2.05, 4.69) is 67.8 Å². The first-order chi connectivity index (χ1) is 31.4. The van der Waals surface area contributed by atoms with Gasteiger partial charge in [0.25, 0.3) is 0 Å². The van der Waals surface area contributed by atoms with Crippen LogP contribution in [0.25, 0.3) is 0 Å². The molecule has 0 aromatic carbocycles. The van der Waals surface area contributed by atoms with Crippen LogP contribution in [0.5, 0.6) is 0 Å². The zero-order chi connectivity index (χ0) is 48.0. The number of phosphoric acid groups is 1. The number of hydrogen-bond acceptors (Lipinski definition) is 6. The highest BCUT2D eigenvalue weighted by Crippen LogP contribution is 2.43. The van der Waals surface area contributed by atoms with E-state index in [0.717, 1.165) is 64.2 Å². The van der Waals surface area contributed by atoms with Gasteiger partial charge in [0.15, 0.2) is 0 Å². The number of aliphatic hydroxyl groups excluding tert-OH is 2. The molecule has 4 N–H and O–H groups in total. The van der Waals surface area contributed by atoms with Gasteiger partial charge in [-0.15, -0.1) is 0 Å². The highest BCUT2D eigenvalue weighted by atomic mass is 31.2. The molecule has 0 bridgehead atoms. The molecule has 0 aliphatic rings. The summed E-state index contributed by atoms with van der Waals surface area (Å²) in [7, 11) is 1.44. The fourth-order valence-corrected chi connectivity index (χ4v) is 8.64. The predicted molar refractivity (Wildman–Crippen MR) is 278 cm³/mol. The molecule has 4 atom stereocenters. The minimum Gasteiger partial charge on any atom is -0.390 e. The highest BCUT2D eigenvalue weighted by Gasteiger charge is 2.31. The van der Waals surface area contributed by atoms with Gasteiger partial charge >= 0.3 is 7.82 Å². The Bertz CT molecular complexity index is 1220. The van der Waals surface area contributed by atoms with Crippen LogP contribution in [0.3, 0.4) is 0 Å². The molecule has 65 heavy (non-hydrogen) atoms. The van der Waals surface area contributed by atoms with Crippen LogP contribution < -0.4 is 5.32 Å². The molecule has 0 heterocycles. The number of likely N-dealkylation sites (N-methyl/N-ethyl adjacent to an activating group) is 1. The average molecular weight is 938 g/mol. The molecule has 0 aliphatic heterocycles. The van der Waals surface area contributed by atoms with E-state index in [0.29, 0.717) is 23.9 Å². The molecule has 1 amide bonds. The number of rotatable bonds is 49. The summed E-state index contributed by atoms with van der Waals surface area (Å²) < 4.78 is 23.6. The molecule has 0 aliphatic carbocycles. The van der Waals surface area contributed by atoms with Gasteiger partial charge in [-0.05, 0) is 51.4 Å². The van der Waals surface area contributed by atoms with Crippen molar-refractivity contribution in [3.8, 4) is 0 Å². The number of aliphatic hydroxyl groups is 2. The predicted octanol–water partition coefficient (Wildman–Crippen LogP) is 15.0. The summed E-state index contributed by atoms with van der Waals surface area (Å²) in [6.45, 7) is 4.50. The van der Waals surface area contributed by atoms with Gasteiger partial charge in [-0.2, -0.15) is 0 Å². The molecule has 10 heteroatoms. The zero-order valence-corrected chi connectivity index (χ0v) is 44.0. The summed E-state index contributed by atoms with van der Waals surface area (Å²) in [5, 5.41) is 24.8. The molecule has 382 valence electrons. The topological polar surface area (TPSA) is 125 Å². The Morgan fingerprint density at radius 1 is 0.554 bits per heavy atom. The molecule has 4 unspecified atom stereocenters. The summed E-state index contributed by atoms with van der Waals surface area (Å²) in [4.78, 5) is 23.3. The smallest absolute Gasteiger partial charge is 0.390 e. The molecular weight excluding hydrogens is 832 g/mol. The van der Waals surface area contributed by atoms with Crippen molar-refractivity contribution in [1.82, 2.24) is 5.32 Å². The number of carbonyl (C=O) groups is 1. The number of hydrogen-bond donors (Lipinski definition) is 4. The Morgan fingerprint density at radius 3 is 1.40 bits per heavy atom. The molecule has 0 rings (SSSR count). The van der Waals surface area contributed by atoms with Gasteiger partial charge in [0.2, 0.25) is 5.91 Å². The maximum atomic E-state index is 13.0. The number of unbranched alkanes of at least 4 members (excludes halogenated alkanes) is 27. The Labute approximate surface area is 402 Å². The Hall–Kier alpha value is -1.58. The van der Waals surface area contributed by atoms with Gasteiger partial charge in [-0.3, -0.25) is 13.8 Å². The van der Waals surface area contributed by atoms with Gasteiger partial charge in [-0.25, -0.2) is 4.57 Å². The van der Waals surface area contributed by atoms with Crippen molar-refractivity contribution in [2.75, 3.05) is 40.9 Å². The van der Waals surface area contributed by atoms with E-state index in [-0.39, 0.29) is 12.5 Å². The lowest BCUT2D eigenvalue weighted by Crippen LogP contribution is -2.51. The van der Waals surface area contributed by atoms with E-state index in [1.807, 2.05) is 21.1 Å². The first-order valence-corrected chi connectivity index (χ1v) is 28.6. The van der Waals surface area contributed by atoms with E-state index in [4.69, 9.17) is 9.05 Å². The van der Waals surface area contributed by atoms with Crippen LogP contribution in [0.1, 0.15) is 239 Å². The third kappa shape index (κ3) is 47.3. The van der Waals surface area contributed by atoms with Crippen LogP contribution in [0.4, 0.5) is 0 Å². The van der Waals surface area contributed by atoms with Crippen molar-refractivity contribution in [2.24, 2.45) is 0 Å². The van der Waals surface area contributed by atoms with Gasteiger partial charge in [0.05, 0.1) is 39.9 Å². The molecule has 0 saturated carbocycles. The molecule has 0 fully saturated rings. The molecule has 0 spiro atoms. The quantitative estimate of drug-likeness (QED) is 0.0207. The van der Waals surface area contributed by atoms with Crippen LogP contribution in [0.2, 0.25) is 0 Å². The van der Waals surface area contributed by atoms with Crippen LogP contribution in [0.15, 0.2) is 48.6 Å². The number of carbonyl (C=O) groups excluding carboxylic acids is 1. The average Bonchev–Trinajstić information content (AvgIpc) is 3.26. The molecular formula is C55H106N2O7P+. The standard InChI is InChI=1S/C55H105N2O7P/c1-6-8-10-12-14-16-18-20-21-22-23-24-25-26-27-28-29-30-31-32-33-34-35-36-38-40-42-44-46-48-54(59)56-52(51-64-65(61,62)63-50-49-57(3,4)5)55(60)53(58)47-45-43-41-39-37-19-17-15-13-11-9-7-2/h8,10,14,16,20-21,23-24,52-53,55,58,60H,6-7,9,11-13,15,17-19,22,25-51H2,1-5H3,(H-,56,59,61,62)/p+1/b10-8-,16-14-,21-20-,24-23-. The minimum atomic E-state index is -4.42. The fourth-order valence-electron chi connectivity index (χ4n) is 7.90. The van der Waals surface area contributed by atoms with E-state index < -0.39 is 32.7 Å². The molecule has 9 nitrogen and oxygen atoms in total. The summed E-state index contributed by atoms with van der Waals surface area (Å²) in [5.41, 5.74) is 0. The number of nitrogens with zero attached hydrogens (tertiary/aromatic N) is 1. The maximum absolute atomic E-state index is 13.0. The summed E-state index contributed by atoms with van der Waals surface area (Å²) in [6.07, 6.45) is 56.2. The molecule has 0 aromatic heterocycles. The Balaban J connectivity index is 4.17. The summed E-state index contributed by atoms with van der Waals surface area (Å²) in [6, 6.07) is -1.03. The first-order valence-electron chi connectivity index (χ1n) is 27.1. The first kappa shape index (κ1) is 63.4. The third-order valence-corrected chi connectivity index (χ3v) is 13.2. The number of phosphoric ester groups is 1. The van der Waals surface area contributed by atoms with E-state index >= 15 is 0 Å². The van der Waals surface area contributed by atoms with E-state index in [1.165, 1.54) is 148 Å². The SMILES string of the molecule is CC/C=C\C/C=C\C/C=C\C/C=C\CCCCCCCCCCCCCCCCCCC(=O)NC(COP(=O)(O)OCC[N+](C)(C)C)C(O)C(O)CCCCCCCCCCCCCC. The summed E-state index contributed by atoms with van der Waals surface area (Å²) in [5.74, 6) is -0.258. The lowest BCUT2D eigenvalue weighted by molar-refractivity contribution is -0.870. The Kier molecular flexibility index (Phi) is 45.0. The maximum Gasteiger partial charge on any atom is 0.472 e. The minimum absolute atomic E-state index is 0.0219. The second-order valence-electron chi connectivity index (χ2n) is 19.7. The number of allylic oxidation sites excluding steroid dienone is 8. The van der Waals surface area contributed by atoms with Crippen LogP contribution >= 0.6 is 7.82 Å². The van der Waals surface area contributed by atoms with E-state index in [1.54, 1.807) is 0 Å². The molecule has 0 aromatic rings. The van der Waals surface area contributed by atoms with Crippen molar-refractivity contribution in [2.45, 2.75) is 257 Å². The highest BCUT2D eigenvalue weighted by molar-refractivity contribution is 7.47. The zero-order valence-electron chi connectivity index (χ0n) is 43.1. The van der Waals surface area contributed by atoms with Gasteiger partial charge < -0.3 is 24.9 Å². The summed E-state index contributed by atoms with van der Waals surface area (Å²) >= 11 is 0. The lowest BCUT2D eigenvalue weighted by Gasteiger charge is -2.28. The fraction of sp³-hybridized carbons (Fsp3) is 0.836. The third-order valence-electron chi connectivity index (χ3n) is 12.2. The van der Waals surface area contributed by atoms with Crippen LogP contribution in [-0.4, -0.2) is 84.6 Å². The number of amides is 1. The van der Waals surface area contributed by atoms with Gasteiger partial charge in [0.1, 0.15) is 19.3 Å². The number of nitrogens with one attached hydrogen (secondary N) is 1. The normalized spacial score (nSPS) is 14.9. The van der Waals surface area contributed by atoms with Crippen LogP contribution in [-0.2, 0) is 18.4 Å². The van der Waals surface area contributed by atoms with Crippen molar-refractivity contribution in [1.29, 1.82) is 0 Å². The second-order valence-corrected chi connectivity index (χ2v) is 21.2. The van der Waals surface area contributed by atoms with Crippen LogP contribution in [0, 0.1) is 0 Å². The van der Waals surface area contributed by atoms with Crippen molar-refractivity contribution in [3.05, 3.63) is 48.6 Å². The van der Waals surface area contributed by atoms with Gasteiger partial charge in [-0.1, -0.05) is 229 Å². The largest absolute Gasteiger partial charge is 0.472 e. The van der Waals surface area contributed by atoms with Crippen molar-refractivity contribution >= 4 is 13.7 Å². The van der Waals surface area contributed by atoms with Crippen molar-refractivity contribution in [3.63, 3.8) is 0 Å². The molecule has 0 saturated heterocycles.